The lowest BCUT2D eigenvalue weighted by molar-refractivity contribution is -0.196. The second-order valence-electron chi connectivity index (χ2n) is 5.16. The van der Waals surface area contributed by atoms with E-state index in [1.54, 1.807) is 14.0 Å². The fraction of sp³-hybridized carbons (Fsp3) is 1.00. The molecule has 2 aliphatic heterocycles. The number of aliphatic hydroxyl groups excluding tert-OH is 1. The van der Waals surface area contributed by atoms with Crippen LogP contribution in [0.4, 0.5) is 0 Å². The molecule has 5 nitrogen and oxygen atoms in total. The molecule has 2 saturated heterocycles. The summed E-state index contributed by atoms with van der Waals surface area (Å²) in [5.41, 5.74) is 0. The quantitative estimate of drug-likeness (QED) is 0.807. The van der Waals surface area contributed by atoms with Gasteiger partial charge in [-0.05, 0) is 32.6 Å². The molecule has 2 aliphatic rings. The maximum atomic E-state index is 9.55. The van der Waals surface area contributed by atoms with Crippen LogP contribution in [0.3, 0.4) is 0 Å². The minimum Gasteiger partial charge on any atom is -0.393 e. The molecule has 2 fully saturated rings. The first-order chi connectivity index (χ1) is 8.70. The van der Waals surface area contributed by atoms with Gasteiger partial charge in [-0.2, -0.15) is 0 Å². The number of hydrogen-bond acceptors (Lipinski definition) is 5. The average molecular weight is 260 g/mol. The van der Waals surface area contributed by atoms with Gasteiger partial charge in [0.25, 0.3) is 0 Å². The fourth-order valence-corrected chi connectivity index (χ4v) is 2.67. The molecule has 0 aromatic carbocycles. The number of rotatable bonds is 5. The molecule has 2 heterocycles. The highest BCUT2D eigenvalue weighted by molar-refractivity contribution is 4.82. The zero-order chi connectivity index (χ0) is 13.0. The summed E-state index contributed by atoms with van der Waals surface area (Å²) in [5.74, 6) is 0.0699. The Labute approximate surface area is 108 Å². The molecule has 0 bridgehead atoms. The van der Waals surface area contributed by atoms with E-state index < -0.39 is 0 Å². The smallest absolute Gasteiger partial charge is 0.162 e. The third-order valence-electron chi connectivity index (χ3n) is 3.56. The Kier molecular flexibility index (Phi) is 5.38. The second-order valence-corrected chi connectivity index (χ2v) is 5.16. The van der Waals surface area contributed by atoms with Crippen LogP contribution in [0.25, 0.3) is 0 Å². The molecule has 0 aromatic rings. The highest BCUT2D eigenvalue weighted by atomic mass is 16.7. The predicted molar refractivity (Wildman–Crippen MR) is 65.0 cm³/mol. The topological polar surface area (TPSA) is 57.2 Å². The lowest BCUT2D eigenvalue weighted by Gasteiger charge is -2.29. The fourth-order valence-electron chi connectivity index (χ4n) is 2.67. The summed E-state index contributed by atoms with van der Waals surface area (Å²) in [5, 5.41) is 9.55. The van der Waals surface area contributed by atoms with Crippen LogP contribution >= 0.6 is 0 Å². The van der Waals surface area contributed by atoms with Crippen molar-refractivity contribution in [2.75, 3.05) is 20.3 Å². The van der Waals surface area contributed by atoms with E-state index in [4.69, 9.17) is 18.9 Å². The molecule has 0 saturated carbocycles. The molecular formula is C13H24O5. The van der Waals surface area contributed by atoms with Crippen LogP contribution < -0.4 is 0 Å². The highest BCUT2D eigenvalue weighted by Crippen LogP contribution is 2.31. The normalized spacial score (nSPS) is 38.8. The predicted octanol–water partition coefficient (Wildman–Crippen LogP) is 1.29. The van der Waals surface area contributed by atoms with Crippen molar-refractivity contribution in [3.05, 3.63) is 0 Å². The van der Waals surface area contributed by atoms with Crippen molar-refractivity contribution in [2.45, 2.75) is 57.4 Å². The Balaban J connectivity index is 1.88. The van der Waals surface area contributed by atoms with Crippen molar-refractivity contribution in [3.63, 3.8) is 0 Å². The molecule has 0 amide bonds. The van der Waals surface area contributed by atoms with E-state index in [0.29, 0.717) is 13.0 Å². The van der Waals surface area contributed by atoms with Crippen LogP contribution in [0, 0.1) is 5.92 Å². The summed E-state index contributed by atoms with van der Waals surface area (Å²) in [6.45, 7) is 3.06. The molecule has 5 atom stereocenters. The van der Waals surface area contributed by atoms with Crippen molar-refractivity contribution in [3.8, 4) is 0 Å². The van der Waals surface area contributed by atoms with Gasteiger partial charge in [-0.15, -0.1) is 0 Å². The van der Waals surface area contributed by atoms with Crippen molar-refractivity contribution < 1.29 is 24.1 Å². The van der Waals surface area contributed by atoms with Crippen LogP contribution in [0.5, 0.6) is 0 Å². The first-order valence-corrected chi connectivity index (χ1v) is 6.80. The standard InChI is InChI=1S/C13H24O5/c1-9(14)7-10-11(8-17-13(10)15-2)18-12-5-3-4-6-16-12/h9-14H,3-8H2,1-2H3/t9?,10-,11-,12?,13?/m0/s1. The number of methoxy groups -OCH3 is 1. The second kappa shape index (κ2) is 6.82. The average Bonchev–Trinajstić information content (AvgIpc) is 2.72. The Morgan fingerprint density at radius 3 is 2.78 bits per heavy atom. The number of hydrogen-bond donors (Lipinski definition) is 1. The third-order valence-corrected chi connectivity index (χ3v) is 3.56. The molecule has 0 aliphatic carbocycles. The third kappa shape index (κ3) is 3.65. The van der Waals surface area contributed by atoms with Crippen molar-refractivity contribution in [1.29, 1.82) is 0 Å². The number of aliphatic hydroxyl groups is 1. The Bertz CT molecular complexity index is 240. The van der Waals surface area contributed by atoms with Crippen molar-refractivity contribution in [1.82, 2.24) is 0 Å². The zero-order valence-electron chi connectivity index (χ0n) is 11.2. The first-order valence-electron chi connectivity index (χ1n) is 6.80. The molecule has 5 heteroatoms. The van der Waals surface area contributed by atoms with Gasteiger partial charge in [-0.3, -0.25) is 0 Å². The van der Waals surface area contributed by atoms with E-state index >= 15 is 0 Å². The lowest BCUT2D eigenvalue weighted by Crippen LogP contribution is -2.35. The monoisotopic (exact) mass is 260 g/mol. The highest BCUT2D eigenvalue weighted by Gasteiger charge is 2.40. The summed E-state index contributed by atoms with van der Waals surface area (Å²) in [6.07, 6.45) is 2.98. The van der Waals surface area contributed by atoms with Crippen molar-refractivity contribution in [2.24, 2.45) is 5.92 Å². The molecule has 18 heavy (non-hydrogen) atoms. The molecule has 0 aromatic heterocycles. The largest absolute Gasteiger partial charge is 0.393 e. The summed E-state index contributed by atoms with van der Waals surface area (Å²) in [6, 6.07) is 0. The lowest BCUT2D eigenvalue weighted by atomic mass is 9.97. The van der Waals surface area contributed by atoms with E-state index in [0.717, 1.165) is 25.9 Å². The zero-order valence-corrected chi connectivity index (χ0v) is 11.2. The molecule has 0 radical (unpaired) electrons. The minimum absolute atomic E-state index is 0.0485. The maximum absolute atomic E-state index is 9.55. The summed E-state index contributed by atoms with van der Waals surface area (Å²) in [4.78, 5) is 0. The van der Waals surface area contributed by atoms with Gasteiger partial charge in [0, 0.05) is 19.6 Å². The summed E-state index contributed by atoms with van der Waals surface area (Å²) in [7, 11) is 1.62. The molecule has 1 N–H and O–H groups in total. The van der Waals surface area contributed by atoms with E-state index in [1.165, 1.54) is 0 Å². The molecule has 2 rings (SSSR count). The minimum atomic E-state index is -0.382. The van der Waals surface area contributed by atoms with Gasteiger partial charge in [0.1, 0.15) is 0 Å². The summed E-state index contributed by atoms with van der Waals surface area (Å²) < 4.78 is 22.4. The molecule has 3 unspecified atom stereocenters. The van der Waals surface area contributed by atoms with Crippen LogP contribution in [-0.4, -0.2) is 50.2 Å². The van der Waals surface area contributed by atoms with Gasteiger partial charge >= 0.3 is 0 Å². The molecule has 106 valence electrons. The first kappa shape index (κ1) is 14.2. The van der Waals surface area contributed by atoms with E-state index in [2.05, 4.69) is 0 Å². The van der Waals surface area contributed by atoms with Gasteiger partial charge < -0.3 is 24.1 Å². The SMILES string of the molecule is COC1OC[C@H](OC2CCCCO2)[C@@H]1CC(C)O. The van der Waals surface area contributed by atoms with Crippen LogP contribution in [0.1, 0.15) is 32.6 Å². The van der Waals surface area contributed by atoms with Crippen LogP contribution in [-0.2, 0) is 18.9 Å². The van der Waals surface area contributed by atoms with Gasteiger partial charge in [0.2, 0.25) is 0 Å². The van der Waals surface area contributed by atoms with Gasteiger partial charge in [-0.25, -0.2) is 0 Å². The summed E-state index contributed by atoms with van der Waals surface area (Å²) >= 11 is 0. The van der Waals surface area contributed by atoms with E-state index in [9.17, 15) is 5.11 Å². The van der Waals surface area contributed by atoms with Gasteiger partial charge in [0.15, 0.2) is 12.6 Å². The molecule has 0 spiro atoms. The van der Waals surface area contributed by atoms with Crippen molar-refractivity contribution >= 4 is 0 Å². The van der Waals surface area contributed by atoms with E-state index in [1.807, 2.05) is 0 Å². The number of ether oxygens (including phenoxy) is 4. The van der Waals surface area contributed by atoms with Crippen LogP contribution in [0.2, 0.25) is 0 Å². The van der Waals surface area contributed by atoms with Gasteiger partial charge in [0.05, 0.1) is 18.8 Å². The Hall–Kier alpha value is -0.200. The molecular weight excluding hydrogens is 236 g/mol. The van der Waals surface area contributed by atoms with Crippen LogP contribution in [0.15, 0.2) is 0 Å². The van der Waals surface area contributed by atoms with Gasteiger partial charge in [-0.1, -0.05) is 0 Å². The Morgan fingerprint density at radius 1 is 1.33 bits per heavy atom. The van der Waals surface area contributed by atoms with E-state index in [-0.39, 0.29) is 30.7 Å². The maximum Gasteiger partial charge on any atom is 0.162 e. The Morgan fingerprint density at radius 2 is 2.17 bits per heavy atom.